The van der Waals surface area contributed by atoms with Crippen LogP contribution >= 0.6 is 0 Å². The van der Waals surface area contributed by atoms with E-state index in [0.29, 0.717) is 11.1 Å². The number of fused-ring (bicyclic) bond motifs is 1. The summed E-state index contributed by atoms with van der Waals surface area (Å²) in [5.74, 6) is -0.238. The predicted octanol–water partition coefficient (Wildman–Crippen LogP) is 2.85. The van der Waals surface area contributed by atoms with E-state index < -0.39 is 5.97 Å². The Morgan fingerprint density at radius 2 is 1.58 bits per heavy atom. The largest absolute Gasteiger partial charge is 0.402 e. The van der Waals surface area contributed by atoms with E-state index in [2.05, 4.69) is 9.97 Å². The lowest BCUT2D eigenvalue weighted by molar-refractivity contribution is 0.0727. The molecule has 4 nitrogen and oxygen atoms in total. The van der Waals surface area contributed by atoms with E-state index in [1.54, 1.807) is 24.3 Å². The van der Waals surface area contributed by atoms with Gasteiger partial charge in [0.15, 0.2) is 0 Å². The van der Waals surface area contributed by atoms with Gasteiger partial charge in [-0.2, -0.15) is 0 Å². The minimum absolute atomic E-state index is 0.201. The molecular weight excluding hydrogens is 240 g/mol. The van der Waals surface area contributed by atoms with Gasteiger partial charge in [0, 0.05) is 0 Å². The number of benzene rings is 2. The quantitative estimate of drug-likeness (QED) is 0.656. The van der Waals surface area contributed by atoms with Crippen molar-refractivity contribution in [3.05, 3.63) is 66.4 Å². The summed E-state index contributed by atoms with van der Waals surface area (Å²) in [6, 6.07) is 16.2. The van der Waals surface area contributed by atoms with Crippen molar-refractivity contribution in [2.45, 2.75) is 0 Å². The Kier molecular flexibility index (Phi) is 2.90. The van der Waals surface area contributed by atoms with Crippen molar-refractivity contribution in [2.24, 2.45) is 0 Å². The number of carbonyl (C=O) groups is 1. The van der Waals surface area contributed by atoms with E-state index in [9.17, 15) is 4.79 Å². The highest BCUT2D eigenvalue weighted by molar-refractivity contribution is 5.90. The van der Waals surface area contributed by atoms with Gasteiger partial charge < -0.3 is 4.74 Å². The number of carbonyl (C=O) groups excluding carboxylic acids is 1. The molecule has 0 aliphatic rings. The monoisotopic (exact) mass is 250 g/mol. The molecule has 92 valence electrons. The highest BCUT2D eigenvalue weighted by Crippen LogP contribution is 2.14. The lowest BCUT2D eigenvalue weighted by Crippen LogP contribution is -2.09. The lowest BCUT2D eigenvalue weighted by Gasteiger charge is -2.03. The van der Waals surface area contributed by atoms with E-state index in [1.165, 1.54) is 6.20 Å². The first-order valence-electron chi connectivity index (χ1n) is 5.82. The molecule has 0 aliphatic heterocycles. The number of esters is 1. The smallest absolute Gasteiger partial charge is 0.344 e. The van der Waals surface area contributed by atoms with Crippen LogP contribution in [0.5, 0.6) is 5.88 Å². The van der Waals surface area contributed by atoms with E-state index in [4.69, 9.17) is 4.74 Å². The zero-order chi connectivity index (χ0) is 13.1. The number of hydrogen-bond donors (Lipinski definition) is 0. The molecule has 0 saturated heterocycles. The molecule has 2 aromatic carbocycles. The van der Waals surface area contributed by atoms with E-state index in [0.717, 1.165) is 5.52 Å². The van der Waals surface area contributed by atoms with Crippen molar-refractivity contribution >= 4 is 17.0 Å². The fraction of sp³-hybridized carbons (Fsp3) is 0. The summed E-state index contributed by atoms with van der Waals surface area (Å²) < 4.78 is 5.20. The first kappa shape index (κ1) is 11.3. The standard InChI is InChI=1S/C15H10N2O2/c18-15(11-6-2-1-3-7-11)19-14-10-16-12-8-4-5-9-13(12)17-14/h1-10H. The third-order valence-electron chi connectivity index (χ3n) is 2.63. The Labute approximate surface area is 109 Å². The van der Waals surface area contributed by atoms with Gasteiger partial charge in [0.25, 0.3) is 0 Å². The van der Waals surface area contributed by atoms with Crippen LogP contribution in [0.15, 0.2) is 60.8 Å². The predicted molar refractivity (Wildman–Crippen MR) is 70.9 cm³/mol. The van der Waals surface area contributed by atoms with Gasteiger partial charge in [-0.1, -0.05) is 30.3 Å². The maximum absolute atomic E-state index is 11.9. The van der Waals surface area contributed by atoms with E-state index >= 15 is 0 Å². The van der Waals surface area contributed by atoms with Gasteiger partial charge >= 0.3 is 5.97 Å². The van der Waals surface area contributed by atoms with Crippen molar-refractivity contribution in [1.82, 2.24) is 9.97 Å². The SMILES string of the molecule is O=C(Oc1cnc2ccccc2n1)c1ccccc1. The molecule has 4 heteroatoms. The Morgan fingerprint density at radius 3 is 2.37 bits per heavy atom. The van der Waals surface area contributed by atoms with Crippen LogP contribution in [-0.4, -0.2) is 15.9 Å². The second-order valence-corrected chi connectivity index (χ2v) is 3.95. The molecule has 0 bridgehead atoms. The maximum Gasteiger partial charge on any atom is 0.344 e. The van der Waals surface area contributed by atoms with Crippen molar-refractivity contribution in [3.8, 4) is 5.88 Å². The molecule has 0 amide bonds. The zero-order valence-electron chi connectivity index (χ0n) is 9.98. The number of ether oxygens (including phenoxy) is 1. The molecule has 0 unspecified atom stereocenters. The summed E-state index contributed by atoms with van der Waals surface area (Å²) in [6.07, 6.45) is 1.45. The molecule has 0 N–H and O–H groups in total. The van der Waals surface area contributed by atoms with Gasteiger partial charge in [0.2, 0.25) is 5.88 Å². The third kappa shape index (κ3) is 2.42. The van der Waals surface area contributed by atoms with E-state index in [1.807, 2.05) is 30.3 Å². The summed E-state index contributed by atoms with van der Waals surface area (Å²) in [5, 5.41) is 0. The van der Waals surface area contributed by atoms with Gasteiger partial charge in [-0.25, -0.2) is 14.8 Å². The van der Waals surface area contributed by atoms with Crippen molar-refractivity contribution in [2.75, 3.05) is 0 Å². The normalized spacial score (nSPS) is 10.3. The van der Waals surface area contributed by atoms with Crippen molar-refractivity contribution in [1.29, 1.82) is 0 Å². The molecule has 3 rings (SSSR count). The zero-order valence-corrected chi connectivity index (χ0v) is 9.98. The Bertz CT molecular complexity index is 726. The van der Waals surface area contributed by atoms with Gasteiger partial charge in [-0.15, -0.1) is 0 Å². The van der Waals surface area contributed by atoms with Crippen LogP contribution < -0.4 is 4.74 Å². The summed E-state index contributed by atoms with van der Waals surface area (Å²) in [7, 11) is 0. The van der Waals surface area contributed by atoms with Crippen LogP contribution in [0.25, 0.3) is 11.0 Å². The number of rotatable bonds is 2. The van der Waals surface area contributed by atoms with Crippen LogP contribution in [0.1, 0.15) is 10.4 Å². The molecule has 19 heavy (non-hydrogen) atoms. The molecule has 0 saturated carbocycles. The first-order chi connectivity index (χ1) is 9.33. The first-order valence-corrected chi connectivity index (χ1v) is 5.82. The van der Waals surface area contributed by atoms with E-state index in [-0.39, 0.29) is 5.88 Å². The Morgan fingerprint density at radius 1 is 0.895 bits per heavy atom. The fourth-order valence-corrected chi connectivity index (χ4v) is 1.72. The van der Waals surface area contributed by atoms with Gasteiger partial charge in [0.1, 0.15) is 0 Å². The topological polar surface area (TPSA) is 52.1 Å². The van der Waals surface area contributed by atoms with Crippen LogP contribution in [0.2, 0.25) is 0 Å². The van der Waals surface area contributed by atoms with Crippen LogP contribution in [0, 0.1) is 0 Å². The molecule has 1 heterocycles. The molecular formula is C15H10N2O2. The summed E-state index contributed by atoms with van der Waals surface area (Å²) in [6.45, 7) is 0. The average molecular weight is 250 g/mol. The van der Waals surface area contributed by atoms with Crippen molar-refractivity contribution in [3.63, 3.8) is 0 Å². The molecule has 1 aromatic heterocycles. The highest BCUT2D eigenvalue weighted by atomic mass is 16.5. The second kappa shape index (κ2) is 4.86. The summed E-state index contributed by atoms with van der Waals surface area (Å²) in [4.78, 5) is 20.3. The number of nitrogens with zero attached hydrogens (tertiary/aromatic N) is 2. The minimum Gasteiger partial charge on any atom is -0.402 e. The van der Waals surface area contributed by atoms with Crippen LogP contribution in [0.4, 0.5) is 0 Å². The van der Waals surface area contributed by atoms with Gasteiger partial charge in [-0.05, 0) is 24.3 Å². The Balaban J connectivity index is 1.87. The number of hydrogen-bond acceptors (Lipinski definition) is 4. The highest BCUT2D eigenvalue weighted by Gasteiger charge is 2.09. The number of para-hydroxylation sites is 2. The van der Waals surface area contributed by atoms with Crippen molar-refractivity contribution < 1.29 is 9.53 Å². The molecule has 0 radical (unpaired) electrons. The minimum atomic E-state index is -0.440. The summed E-state index contributed by atoms with van der Waals surface area (Å²) in [5.41, 5.74) is 1.94. The molecule has 0 atom stereocenters. The molecule has 0 spiro atoms. The van der Waals surface area contributed by atoms with Crippen LogP contribution in [0.3, 0.4) is 0 Å². The molecule has 0 aliphatic carbocycles. The van der Waals surface area contributed by atoms with Crippen LogP contribution in [-0.2, 0) is 0 Å². The lowest BCUT2D eigenvalue weighted by atomic mass is 10.2. The average Bonchev–Trinajstić information content (AvgIpc) is 2.48. The summed E-state index contributed by atoms with van der Waals surface area (Å²) >= 11 is 0. The maximum atomic E-state index is 11.9. The molecule has 3 aromatic rings. The Hall–Kier alpha value is -2.75. The number of aromatic nitrogens is 2. The fourth-order valence-electron chi connectivity index (χ4n) is 1.72. The van der Waals surface area contributed by atoms with Gasteiger partial charge in [0.05, 0.1) is 22.8 Å². The van der Waals surface area contributed by atoms with Gasteiger partial charge in [-0.3, -0.25) is 0 Å². The third-order valence-corrected chi connectivity index (χ3v) is 2.63. The molecule has 0 fully saturated rings. The second-order valence-electron chi connectivity index (χ2n) is 3.95.